The highest BCUT2D eigenvalue weighted by molar-refractivity contribution is 5.99. The molecule has 0 aliphatic heterocycles. The Balaban J connectivity index is 1.60. The second-order valence-electron chi connectivity index (χ2n) is 6.08. The largest absolute Gasteiger partial charge is 0.457 e. The van der Waals surface area contributed by atoms with Gasteiger partial charge in [-0.2, -0.15) is 13.2 Å². The molecule has 0 saturated heterocycles. The summed E-state index contributed by atoms with van der Waals surface area (Å²) in [5, 5.41) is 4.59. The first-order valence-electron chi connectivity index (χ1n) is 8.83. The quantitative estimate of drug-likeness (QED) is 0.383. The molecule has 11 nitrogen and oxygen atoms in total. The van der Waals surface area contributed by atoms with E-state index in [1.54, 1.807) is 0 Å². The molecule has 0 atom stereocenters. The Kier molecular flexibility index (Phi) is 6.66. The number of carbonyl (C=O) groups excluding carboxylic acids is 3. The number of pyridine rings is 1. The molecular formula is C19H13F3N6O5. The molecule has 0 spiro atoms. The van der Waals surface area contributed by atoms with E-state index in [0.29, 0.717) is 23.8 Å². The van der Waals surface area contributed by atoms with Gasteiger partial charge < -0.3 is 20.5 Å². The van der Waals surface area contributed by atoms with Gasteiger partial charge in [0.2, 0.25) is 0 Å². The molecule has 0 unspecified atom stereocenters. The molecule has 0 aliphatic rings. The Bertz CT molecular complexity index is 1190. The number of anilines is 2. The number of rotatable bonds is 5. The van der Waals surface area contributed by atoms with Gasteiger partial charge in [0, 0.05) is 24.0 Å². The first-order valence-corrected chi connectivity index (χ1v) is 8.83. The van der Waals surface area contributed by atoms with Crippen molar-refractivity contribution in [1.29, 1.82) is 0 Å². The molecule has 0 bridgehead atoms. The van der Waals surface area contributed by atoms with Crippen LogP contribution in [0.3, 0.4) is 0 Å². The lowest BCUT2D eigenvalue weighted by Crippen LogP contribution is -2.21. The standard InChI is InChI=1S/C19H13F3N6O5/c20-19(21,22)14-8-15(26-9-25-14)28-18(31)27-10-1-3-11(4-2-10)32-12-5-6-24-13(7-12)16(29)33-17(23)30/h1-9H,(H2,23,30)(H2,25,26,27,28,31). The highest BCUT2D eigenvalue weighted by atomic mass is 19.4. The second-order valence-corrected chi connectivity index (χ2v) is 6.08. The van der Waals surface area contributed by atoms with Gasteiger partial charge in [0.25, 0.3) is 0 Å². The summed E-state index contributed by atoms with van der Waals surface area (Å²) in [4.78, 5) is 44.7. The highest BCUT2D eigenvalue weighted by Gasteiger charge is 2.32. The van der Waals surface area contributed by atoms with E-state index in [2.05, 4.69) is 30.3 Å². The third-order valence-electron chi connectivity index (χ3n) is 3.68. The number of amides is 3. The number of primary amides is 1. The van der Waals surface area contributed by atoms with Crippen LogP contribution in [-0.2, 0) is 10.9 Å². The number of urea groups is 1. The van der Waals surface area contributed by atoms with Crippen molar-refractivity contribution in [2.45, 2.75) is 6.18 Å². The lowest BCUT2D eigenvalue weighted by Gasteiger charge is -2.10. The summed E-state index contributed by atoms with van der Waals surface area (Å²) in [6.45, 7) is 0. The molecule has 3 rings (SSSR count). The zero-order chi connectivity index (χ0) is 24.0. The predicted molar refractivity (Wildman–Crippen MR) is 105 cm³/mol. The first kappa shape index (κ1) is 22.9. The number of nitrogens with zero attached hydrogens (tertiary/aromatic N) is 3. The topological polar surface area (TPSA) is 158 Å². The minimum Gasteiger partial charge on any atom is -0.457 e. The molecular weight excluding hydrogens is 449 g/mol. The Morgan fingerprint density at radius 1 is 0.909 bits per heavy atom. The van der Waals surface area contributed by atoms with Gasteiger partial charge >= 0.3 is 24.3 Å². The van der Waals surface area contributed by atoms with Crippen molar-refractivity contribution in [2.24, 2.45) is 5.73 Å². The summed E-state index contributed by atoms with van der Waals surface area (Å²) in [7, 11) is 0. The number of hydrogen-bond acceptors (Lipinski definition) is 8. The Morgan fingerprint density at radius 3 is 2.30 bits per heavy atom. The fourth-order valence-corrected chi connectivity index (χ4v) is 2.33. The number of nitrogens with one attached hydrogen (secondary N) is 2. The van der Waals surface area contributed by atoms with Crippen LogP contribution in [0.5, 0.6) is 11.5 Å². The molecule has 1 aromatic carbocycles. The Hall–Kier alpha value is -4.75. The number of esters is 1. The maximum atomic E-state index is 12.7. The summed E-state index contributed by atoms with van der Waals surface area (Å²) < 4.78 is 47.8. The molecule has 3 amide bonds. The number of nitrogens with two attached hydrogens (primary N) is 1. The van der Waals surface area contributed by atoms with Gasteiger partial charge in [-0.05, 0) is 30.3 Å². The predicted octanol–water partition coefficient (Wildman–Crippen LogP) is 3.56. The Morgan fingerprint density at radius 2 is 1.64 bits per heavy atom. The summed E-state index contributed by atoms with van der Waals surface area (Å²) in [5.41, 5.74) is 3.67. The molecule has 2 heterocycles. The van der Waals surface area contributed by atoms with Gasteiger partial charge in [-0.1, -0.05) is 0 Å². The van der Waals surface area contributed by atoms with Crippen molar-refractivity contribution in [1.82, 2.24) is 15.0 Å². The van der Waals surface area contributed by atoms with E-state index in [-0.39, 0.29) is 17.3 Å². The molecule has 0 saturated carbocycles. The minimum absolute atomic E-state index is 0.198. The number of halogens is 3. The third-order valence-corrected chi connectivity index (χ3v) is 3.68. The fourth-order valence-electron chi connectivity index (χ4n) is 2.33. The maximum absolute atomic E-state index is 12.7. The lowest BCUT2D eigenvalue weighted by molar-refractivity contribution is -0.141. The van der Waals surface area contributed by atoms with Crippen LogP contribution in [0, 0.1) is 0 Å². The summed E-state index contributed by atoms with van der Waals surface area (Å²) in [6.07, 6.45) is -4.02. The highest BCUT2D eigenvalue weighted by Crippen LogP contribution is 2.28. The zero-order valence-electron chi connectivity index (χ0n) is 16.3. The third kappa shape index (κ3) is 6.61. The van der Waals surface area contributed by atoms with E-state index in [9.17, 15) is 27.6 Å². The summed E-state index contributed by atoms with van der Waals surface area (Å²) >= 11 is 0. The molecule has 2 aromatic heterocycles. The average molecular weight is 462 g/mol. The number of alkyl halides is 3. The zero-order valence-corrected chi connectivity index (χ0v) is 16.3. The van der Waals surface area contributed by atoms with Crippen LogP contribution in [0.2, 0.25) is 0 Å². The van der Waals surface area contributed by atoms with E-state index in [1.807, 2.05) is 0 Å². The maximum Gasteiger partial charge on any atom is 0.433 e. The molecule has 0 aliphatic carbocycles. The van der Waals surface area contributed by atoms with Crippen LogP contribution in [0.4, 0.5) is 34.3 Å². The van der Waals surface area contributed by atoms with E-state index < -0.39 is 30.0 Å². The van der Waals surface area contributed by atoms with Crippen LogP contribution >= 0.6 is 0 Å². The van der Waals surface area contributed by atoms with Crippen molar-refractivity contribution in [3.63, 3.8) is 0 Å². The van der Waals surface area contributed by atoms with Crippen LogP contribution in [0.15, 0.2) is 55.0 Å². The molecule has 0 fully saturated rings. The smallest absolute Gasteiger partial charge is 0.433 e. The van der Waals surface area contributed by atoms with Gasteiger partial charge in [0.15, 0.2) is 5.69 Å². The molecule has 0 radical (unpaired) electrons. The second kappa shape index (κ2) is 9.59. The molecule has 4 N–H and O–H groups in total. The Labute approximate surface area is 182 Å². The van der Waals surface area contributed by atoms with Crippen molar-refractivity contribution in [2.75, 3.05) is 10.6 Å². The van der Waals surface area contributed by atoms with E-state index in [0.717, 1.165) is 0 Å². The van der Waals surface area contributed by atoms with Crippen molar-refractivity contribution >= 4 is 29.6 Å². The SMILES string of the molecule is NC(=O)OC(=O)c1cc(Oc2ccc(NC(=O)Nc3cc(C(F)(F)F)ncn3)cc2)ccn1. The normalized spacial score (nSPS) is 10.8. The molecule has 33 heavy (non-hydrogen) atoms. The monoisotopic (exact) mass is 462 g/mol. The van der Waals surface area contributed by atoms with Gasteiger partial charge in [-0.3, -0.25) is 5.32 Å². The van der Waals surface area contributed by atoms with E-state index in [1.165, 1.54) is 42.6 Å². The average Bonchev–Trinajstić information content (AvgIpc) is 2.74. The summed E-state index contributed by atoms with van der Waals surface area (Å²) in [5.74, 6) is -0.876. The number of hydrogen-bond donors (Lipinski definition) is 3. The summed E-state index contributed by atoms with van der Waals surface area (Å²) in [6, 6.07) is 8.30. The van der Waals surface area contributed by atoms with Gasteiger partial charge in [0.1, 0.15) is 29.3 Å². The fraction of sp³-hybridized carbons (Fsp3) is 0.0526. The van der Waals surface area contributed by atoms with E-state index in [4.69, 9.17) is 10.5 Å². The van der Waals surface area contributed by atoms with Crippen molar-refractivity contribution in [3.8, 4) is 11.5 Å². The van der Waals surface area contributed by atoms with Crippen molar-refractivity contribution in [3.05, 3.63) is 66.4 Å². The number of aromatic nitrogens is 3. The number of carbonyl (C=O) groups is 3. The number of ether oxygens (including phenoxy) is 2. The number of benzene rings is 1. The molecule has 14 heteroatoms. The molecule has 170 valence electrons. The van der Waals surface area contributed by atoms with Crippen molar-refractivity contribution < 1.29 is 37.0 Å². The minimum atomic E-state index is -4.68. The first-order chi connectivity index (χ1) is 15.6. The van der Waals surface area contributed by atoms with E-state index >= 15 is 0 Å². The van der Waals surface area contributed by atoms with Gasteiger partial charge in [-0.15, -0.1) is 0 Å². The lowest BCUT2D eigenvalue weighted by atomic mass is 10.3. The van der Waals surface area contributed by atoms with Crippen LogP contribution in [0.25, 0.3) is 0 Å². The molecule has 3 aromatic rings. The van der Waals surface area contributed by atoms with Gasteiger partial charge in [0.05, 0.1) is 0 Å². The van der Waals surface area contributed by atoms with Crippen LogP contribution in [0.1, 0.15) is 16.2 Å². The van der Waals surface area contributed by atoms with Crippen LogP contribution < -0.4 is 21.1 Å². The van der Waals surface area contributed by atoms with Crippen LogP contribution in [-0.4, -0.2) is 33.0 Å². The van der Waals surface area contributed by atoms with Gasteiger partial charge in [-0.25, -0.2) is 29.3 Å².